The smallest absolute Gasteiger partial charge is 0.138 e. The van der Waals surface area contributed by atoms with Crippen molar-refractivity contribution < 1.29 is 4.79 Å². The highest BCUT2D eigenvalue weighted by Gasteiger charge is 1.97. The fourth-order valence-electron chi connectivity index (χ4n) is 0.985. The Labute approximate surface area is 72.4 Å². The highest BCUT2D eigenvalue weighted by atomic mass is 16.1. The van der Waals surface area contributed by atoms with Gasteiger partial charge in [0.05, 0.1) is 6.42 Å². The van der Waals surface area contributed by atoms with E-state index in [2.05, 4.69) is 0 Å². The zero-order valence-corrected chi connectivity index (χ0v) is 7.08. The van der Waals surface area contributed by atoms with E-state index in [0.717, 1.165) is 11.1 Å². The number of carbonyl (C=O) groups is 1. The van der Waals surface area contributed by atoms with Gasteiger partial charge in [-0.05, 0) is 18.1 Å². The van der Waals surface area contributed by atoms with E-state index in [1.54, 1.807) is 6.42 Å². The van der Waals surface area contributed by atoms with Gasteiger partial charge in [0.15, 0.2) is 0 Å². The molecule has 1 aromatic carbocycles. The van der Waals surface area contributed by atoms with Crippen LogP contribution in [0.3, 0.4) is 0 Å². The summed E-state index contributed by atoms with van der Waals surface area (Å²) in [6.07, 6.45) is 1.60. The number of ketones is 1. The number of hydrogen-bond acceptors (Lipinski definition) is 2. The Morgan fingerprint density at radius 3 is 2.42 bits per heavy atom. The highest BCUT2D eigenvalue weighted by Crippen LogP contribution is 2.05. The van der Waals surface area contributed by atoms with Crippen LogP contribution in [0.4, 0.5) is 0 Å². The first-order chi connectivity index (χ1) is 5.72. The maximum absolute atomic E-state index is 10.7. The fourth-order valence-corrected chi connectivity index (χ4v) is 0.985. The van der Waals surface area contributed by atoms with E-state index in [1.807, 2.05) is 24.3 Å². The van der Waals surface area contributed by atoms with Crippen LogP contribution in [0.25, 0.3) is 0 Å². The van der Waals surface area contributed by atoms with E-state index in [4.69, 9.17) is 5.73 Å². The molecule has 12 heavy (non-hydrogen) atoms. The van der Waals surface area contributed by atoms with Crippen LogP contribution in [0.5, 0.6) is 0 Å². The molecule has 0 unspecified atom stereocenters. The summed E-state index contributed by atoms with van der Waals surface area (Å²) in [4.78, 5) is 10.7. The lowest BCUT2D eigenvalue weighted by molar-refractivity contribution is -0.113. The van der Waals surface area contributed by atoms with Gasteiger partial charge in [0.2, 0.25) is 0 Å². The summed E-state index contributed by atoms with van der Waals surface area (Å²) in [7, 11) is 0. The van der Waals surface area contributed by atoms with Gasteiger partial charge in [-0.25, -0.2) is 0 Å². The minimum atomic E-state index is 0.0653. The quantitative estimate of drug-likeness (QED) is 0.727. The van der Waals surface area contributed by atoms with Crippen molar-refractivity contribution in [3.05, 3.63) is 41.8 Å². The van der Waals surface area contributed by atoms with Gasteiger partial charge in [-0.15, -0.1) is 0 Å². The lowest BCUT2D eigenvalue weighted by Gasteiger charge is -1.98. The number of benzene rings is 1. The van der Waals surface area contributed by atoms with Gasteiger partial charge >= 0.3 is 0 Å². The fraction of sp³-hybridized carbons (Fsp3) is 0.200. The molecule has 0 bridgehead atoms. The van der Waals surface area contributed by atoms with Crippen molar-refractivity contribution >= 4 is 5.78 Å². The lowest BCUT2D eigenvalue weighted by Crippen LogP contribution is -1.97. The molecule has 1 rings (SSSR count). The van der Waals surface area contributed by atoms with Gasteiger partial charge in [0.25, 0.3) is 0 Å². The topological polar surface area (TPSA) is 43.1 Å². The van der Waals surface area contributed by atoms with E-state index in [9.17, 15) is 4.79 Å². The third kappa shape index (κ3) is 2.47. The molecule has 0 spiro atoms. The monoisotopic (exact) mass is 162 g/mol. The largest absolute Gasteiger partial charge is 0.326 e. The van der Waals surface area contributed by atoms with Crippen LogP contribution < -0.4 is 5.73 Å². The van der Waals surface area contributed by atoms with Crippen molar-refractivity contribution in [1.29, 1.82) is 0 Å². The van der Waals surface area contributed by atoms with Crippen molar-refractivity contribution in [1.82, 2.24) is 0 Å². The molecule has 2 nitrogen and oxygen atoms in total. The van der Waals surface area contributed by atoms with E-state index < -0.39 is 0 Å². The summed E-state index contributed by atoms with van der Waals surface area (Å²) in [6.45, 7) is 2.08. The summed E-state index contributed by atoms with van der Waals surface area (Å²) >= 11 is 0. The molecule has 0 amide bonds. The molecule has 0 heterocycles. The van der Waals surface area contributed by atoms with Crippen LogP contribution in [-0.2, 0) is 11.3 Å². The molecule has 2 heteroatoms. The SMILES string of the molecule is CC(=O)[CH]c1ccc(CN)cc1. The van der Waals surface area contributed by atoms with Gasteiger partial charge in [0.1, 0.15) is 5.78 Å². The maximum Gasteiger partial charge on any atom is 0.138 e. The third-order valence-electron chi connectivity index (χ3n) is 1.59. The van der Waals surface area contributed by atoms with E-state index in [-0.39, 0.29) is 5.78 Å². The predicted octanol–water partition coefficient (Wildman–Crippen LogP) is 1.29. The van der Waals surface area contributed by atoms with Crippen molar-refractivity contribution in [2.45, 2.75) is 13.5 Å². The number of Topliss-reactive ketones (excluding diaryl/α,β-unsaturated/α-hetero) is 1. The summed E-state index contributed by atoms with van der Waals surface area (Å²) < 4.78 is 0. The highest BCUT2D eigenvalue weighted by molar-refractivity contribution is 5.88. The second-order valence-electron chi connectivity index (χ2n) is 2.70. The molecule has 0 saturated heterocycles. The number of hydrogen-bond donors (Lipinski definition) is 1. The minimum Gasteiger partial charge on any atom is -0.326 e. The Morgan fingerprint density at radius 1 is 1.42 bits per heavy atom. The van der Waals surface area contributed by atoms with E-state index >= 15 is 0 Å². The molecule has 1 aromatic rings. The Balaban J connectivity index is 2.71. The van der Waals surface area contributed by atoms with Crippen LogP contribution in [0.15, 0.2) is 24.3 Å². The summed E-state index contributed by atoms with van der Waals surface area (Å²) in [5, 5.41) is 0. The number of rotatable bonds is 3. The van der Waals surface area contributed by atoms with Crippen LogP contribution in [0, 0.1) is 6.42 Å². The van der Waals surface area contributed by atoms with E-state index in [0.29, 0.717) is 6.54 Å². The van der Waals surface area contributed by atoms with Gasteiger partial charge in [-0.3, -0.25) is 4.79 Å². The molecular weight excluding hydrogens is 150 g/mol. The molecule has 0 saturated carbocycles. The molecule has 0 aromatic heterocycles. The predicted molar refractivity (Wildman–Crippen MR) is 48.4 cm³/mol. The van der Waals surface area contributed by atoms with Gasteiger partial charge < -0.3 is 5.73 Å². The Kier molecular flexibility index (Phi) is 3.00. The molecular formula is C10H12NO. The van der Waals surface area contributed by atoms with Gasteiger partial charge in [-0.1, -0.05) is 24.3 Å². The van der Waals surface area contributed by atoms with Crippen molar-refractivity contribution in [3.63, 3.8) is 0 Å². The molecule has 2 N–H and O–H groups in total. The molecule has 0 fully saturated rings. The lowest BCUT2D eigenvalue weighted by atomic mass is 10.1. The second kappa shape index (κ2) is 4.02. The first-order valence-corrected chi connectivity index (χ1v) is 3.86. The molecule has 0 aliphatic rings. The molecule has 1 radical (unpaired) electrons. The first kappa shape index (κ1) is 8.94. The van der Waals surface area contributed by atoms with Crippen LogP contribution >= 0.6 is 0 Å². The van der Waals surface area contributed by atoms with Crippen molar-refractivity contribution in [2.75, 3.05) is 0 Å². The molecule has 63 valence electrons. The van der Waals surface area contributed by atoms with Crippen molar-refractivity contribution in [2.24, 2.45) is 5.73 Å². The Bertz CT molecular complexity index is 264. The molecule has 0 atom stereocenters. The van der Waals surface area contributed by atoms with Crippen molar-refractivity contribution in [3.8, 4) is 0 Å². The van der Waals surface area contributed by atoms with Gasteiger partial charge in [-0.2, -0.15) is 0 Å². The number of carbonyl (C=O) groups excluding carboxylic acids is 1. The first-order valence-electron chi connectivity index (χ1n) is 3.86. The van der Waals surface area contributed by atoms with E-state index in [1.165, 1.54) is 6.92 Å². The number of nitrogens with two attached hydrogens (primary N) is 1. The van der Waals surface area contributed by atoms with Crippen LogP contribution in [0.1, 0.15) is 18.1 Å². The maximum atomic E-state index is 10.7. The zero-order valence-electron chi connectivity index (χ0n) is 7.08. The average Bonchev–Trinajstić information content (AvgIpc) is 2.05. The molecule has 0 aliphatic heterocycles. The van der Waals surface area contributed by atoms with Crippen LogP contribution in [-0.4, -0.2) is 5.78 Å². The van der Waals surface area contributed by atoms with Gasteiger partial charge in [0, 0.05) is 6.54 Å². The third-order valence-corrected chi connectivity index (χ3v) is 1.59. The standard InChI is InChI=1S/C10H12NO/c1-8(12)6-9-2-4-10(7-11)5-3-9/h2-6H,7,11H2,1H3. The normalized spacial score (nSPS) is 9.83. The second-order valence-corrected chi connectivity index (χ2v) is 2.70. The summed E-state index contributed by atoms with van der Waals surface area (Å²) in [5.41, 5.74) is 7.43. The Morgan fingerprint density at radius 2 is 2.00 bits per heavy atom. The van der Waals surface area contributed by atoms with Crippen LogP contribution in [0.2, 0.25) is 0 Å². The summed E-state index contributed by atoms with van der Waals surface area (Å²) in [6, 6.07) is 7.64. The Hall–Kier alpha value is -1.15. The summed E-state index contributed by atoms with van der Waals surface area (Å²) in [5.74, 6) is 0.0653. The minimum absolute atomic E-state index is 0.0653. The average molecular weight is 162 g/mol. The zero-order chi connectivity index (χ0) is 8.97. The molecule has 0 aliphatic carbocycles.